The molecular formula is C15H19ClN2O. The summed E-state index contributed by atoms with van der Waals surface area (Å²) in [4.78, 5) is 16.4. The number of carbonyl (C=O) groups excluding carboxylic acids is 1. The molecule has 1 amide bonds. The van der Waals surface area contributed by atoms with E-state index in [9.17, 15) is 4.79 Å². The van der Waals surface area contributed by atoms with E-state index < -0.39 is 0 Å². The molecule has 1 saturated heterocycles. The van der Waals surface area contributed by atoms with Crippen molar-refractivity contribution in [3.63, 3.8) is 0 Å². The molecule has 1 aromatic rings. The van der Waals surface area contributed by atoms with E-state index in [0.717, 1.165) is 43.3 Å². The Hall–Kier alpha value is -1.22. The minimum Gasteiger partial charge on any atom is -0.367 e. The molecule has 2 atom stereocenters. The van der Waals surface area contributed by atoms with E-state index in [1.807, 2.05) is 29.2 Å². The summed E-state index contributed by atoms with van der Waals surface area (Å²) >= 11 is 6.21. The largest absolute Gasteiger partial charge is 0.367 e. The number of nitrogens with zero attached hydrogens (tertiary/aromatic N) is 2. The van der Waals surface area contributed by atoms with Crippen LogP contribution < -0.4 is 4.90 Å². The second-order valence-electron chi connectivity index (χ2n) is 5.58. The number of benzene rings is 1. The summed E-state index contributed by atoms with van der Waals surface area (Å²) in [6.45, 7) is 5.52. The average Bonchev–Trinajstić information content (AvgIpc) is 3.16. The van der Waals surface area contributed by atoms with Gasteiger partial charge in [0.1, 0.15) is 0 Å². The van der Waals surface area contributed by atoms with E-state index in [-0.39, 0.29) is 0 Å². The van der Waals surface area contributed by atoms with Crippen LogP contribution in [0.5, 0.6) is 0 Å². The maximum atomic E-state index is 12.2. The van der Waals surface area contributed by atoms with Gasteiger partial charge in [-0.25, -0.2) is 0 Å². The fourth-order valence-corrected chi connectivity index (χ4v) is 3.03. The van der Waals surface area contributed by atoms with E-state index in [1.165, 1.54) is 0 Å². The maximum Gasteiger partial charge on any atom is 0.226 e. The molecule has 0 aromatic heterocycles. The van der Waals surface area contributed by atoms with Gasteiger partial charge in [0.25, 0.3) is 0 Å². The summed E-state index contributed by atoms with van der Waals surface area (Å²) in [6, 6.07) is 7.91. The molecule has 1 heterocycles. The van der Waals surface area contributed by atoms with Crippen molar-refractivity contribution < 1.29 is 4.79 Å². The lowest BCUT2D eigenvalue weighted by atomic mass is 10.2. The first kappa shape index (κ1) is 12.8. The van der Waals surface area contributed by atoms with Crippen LogP contribution in [0.3, 0.4) is 0 Å². The molecule has 2 unspecified atom stereocenters. The van der Waals surface area contributed by atoms with Crippen molar-refractivity contribution in [2.45, 2.75) is 13.3 Å². The van der Waals surface area contributed by atoms with Gasteiger partial charge in [0.15, 0.2) is 0 Å². The van der Waals surface area contributed by atoms with Gasteiger partial charge in [0, 0.05) is 32.1 Å². The van der Waals surface area contributed by atoms with Gasteiger partial charge in [0.05, 0.1) is 10.7 Å². The van der Waals surface area contributed by atoms with Gasteiger partial charge in [-0.15, -0.1) is 0 Å². The number of carbonyl (C=O) groups is 1. The third kappa shape index (κ3) is 2.57. The molecule has 19 heavy (non-hydrogen) atoms. The summed E-state index contributed by atoms with van der Waals surface area (Å²) in [5, 5.41) is 0.790. The van der Waals surface area contributed by atoms with E-state index in [2.05, 4.69) is 11.8 Å². The number of para-hydroxylation sites is 1. The molecule has 1 aliphatic carbocycles. The minimum atomic E-state index is 0.298. The van der Waals surface area contributed by atoms with E-state index in [0.29, 0.717) is 17.7 Å². The number of anilines is 1. The molecular weight excluding hydrogens is 260 g/mol. The third-order valence-corrected chi connectivity index (χ3v) is 4.53. The monoisotopic (exact) mass is 278 g/mol. The van der Waals surface area contributed by atoms with Crippen molar-refractivity contribution in [3.05, 3.63) is 29.3 Å². The molecule has 3 nitrogen and oxygen atoms in total. The highest BCUT2D eigenvalue weighted by molar-refractivity contribution is 6.33. The van der Waals surface area contributed by atoms with Gasteiger partial charge in [-0.05, 0) is 24.5 Å². The summed E-state index contributed by atoms with van der Waals surface area (Å²) in [5.41, 5.74) is 1.08. The maximum absolute atomic E-state index is 12.2. The molecule has 0 bridgehead atoms. The van der Waals surface area contributed by atoms with Crippen molar-refractivity contribution in [2.24, 2.45) is 11.8 Å². The number of halogens is 1. The topological polar surface area (TPSA) is 23.6 Å². The highest BCUT2D eigenvalue weighted by Crippen LogP contribution is 2.39. The zero-order chi connectivity index (χ0) is 13.4. The Morgan fingerprint density at radius 3 is 2.42 bits per heavy atom. The summed E-state index contributed by atoms with van der Waals surface area (Å²) in [7, 11) is 0. The first-order valence-electron chi connectivity index (χ1n) is 6.95. The molecule has 1 aliphatic heterocycles. The van der Waals surface area contributed by atoms with Crippen LogP contribution in [0.15, 0.2) is 24.3 Å². The van der Waals surface area contributed by atoms with Crippen LogP contribution in [0, 0.1) is 11.8 Å². The molecule has 102 valence electrons. The van der Waals surface area contributed by atoms with Gasteiger partial charge in [-0.1, -0.05) is 30.7 Å². The van der Waals surface area contributed by atoms with Crippen LogP contribution in [0.1, 0.15) is 13.3 Å². The number of hydrogen-bond donors (Lipinski definition) is 0. The molecule has 1 aromatic carbocycles. The Morgan fingerprint density at radius 1 is 1.21 bits per heavy atom. The van der Waals surface area contributed by atoms with E-state index in [1.54, 1.807) is 0 Å². The predicted octanol–water partition coefficient (Wildman–Crippen LogP) is 2.64. The second-order valence-corrected chi connectivity index (χ2v) is 5.99. The SMILES string of the molecule is CC1CC1C(=O)N1CCN(c2ccccc2Cl)CC1. The molecule has 4 heteroatoms. The minimum absolute atomic E-state index is 0.298. The van der Waals surface area contributed by atoms with Gasteiger partial charge in [-0.2, -0.15) is 0 Å². The molecule has 2 aliphatic rings. The first-order valence-corrected chi connectivity index (χ1v) is 7.33. The summed E-state index contributed by atoms with van der Waals surface area (Å²) in [5.74, 6) is 1.24. The zero-order valence-electron chi connectivity index (χ0n) is 11.2. The number of hydrogen-bond acceptors (Lipinski definition) is 2. The van der Waals surface area contributed by atoms with Crippen molar-refractivity contribution in [3.8, 4) is 0 Å². The van der Waals surface area contributed by atoms with E-state index >= 15 is 0 Å². The fourth-order valence-electron chi connectivity index (χ4n) is 2.78. The van der Waals surface area contributed by atoms with E-state index in [4.69, 9.17) is 11.6 Å². The standard InChI is InChI=1S/C15H19ClN2O/c1-11-10-12(11)15(19)18-8-6-17(7-9-18)14-5-3-2-4-13(14)16/h2-5,11-12H,6-10H2,1H3. The molecule has 2 fully saturated rings. The first-order chi connectivity index (χ1) is 9.16. The normalized spacial score (nSPS) is 26.4. The number of piperazine rings is 1. The van der Waals surface area contributed by atoms with Crippen LogP contribution >= 0.6 is 11.6 Å². The van der Waals surface area contributed by atoms with Crippen molar-refractivity contribution in [1.82, 2.24) is 4.90 Å². The molecule has 0 N–H and O–H groups in total. The molecule has 0 radical (unpaired) electrons. The van der Waals surface area contributed by atoms with Gasteiger partial charge < -0.3 is 9.80 Å². The molecule has 1 saturated carbocycles. The summed E-state index contributed by atoms with van der Waals surface area (Å²) < 4.78 is 0. The zero-order valence-corrected chi connectivity index (χ0v) is 11.9. The Labute approximate surface area is 119 Å². The fraction of sp³-hybridized carbons (Fsp3) is 0.533. The smallest absolute Gasteiger partial charge is 0.226 e. The van der Waals surface area contributed by atoms with Gasteiger partial charge in [-0.3, -0.25) is 4.79 Å². The quantitative estimate of drug-likeness (QED) is 0.830. The van der Waals surface area contributed by atoms with Crippen LogP contribution in [-0.4, -0.2) is 37.0 Å². The van der Waals surface area contributed by atoms with Crippen molar-refractivity contribution >= 4 is 23.2 Å². The average molecular weight is 279 g/mol. The Balaban J connectivity index is 1.60. The lowest BCUT2D eigenvalue weighted by molar-refractivity contribution is -0.133. The predicted molar refractivity (Wildman–Crippen MR) is 77.5 cm³/mol. The van der Waals surface area contributed by atoms with Crippen LogP contribution in [0.25, 0.3) is 0 Å². The molecule has 0 spiro atoms. The van der Waals surface area contributed by atoms with Gasteiger partial charge >= 0.3 is 0 Å². The lowest BCUT2D eigenvalue weighted by Crippen LogP contribution is -2.49. The highest BCUT2D eigenvalue weighted by Gasteiger charge is 2.41. The van der Waals surface area contributed by atoms with Crippen molar-refractivity contribution in [2.75, 3.05) is 31.1 Å². The highest BCUT2D eigenvalue weighted by atomic mass is 35.5. The Bertz CT molecular complexity index is 483. The van der Waals surface area contributed by atoms with Crippen LogP contribution in [-0.2, 0) is 4.79 Å². The van der Waals surface area contributed by atoms with Crippen molar-refractivity contribution in [1.29, 1.82) is 0 Å². The third-order valence-electron chi connectivity index (χ3n) is 4.21. The summed E-state index contributed by atoms with van der Waals surface area (Å²) in [6.07, 6.45) is 1.07. The Morgan fingerprint density at radius 2 is 1.84 bits per heavy atom. The Kier molecular flexibility index (Phi) is 3.40. The number of rotatable bonds is 2. The van der Waals surface area contributed by atoms with Crippen LogP contribution in [0.2, 0.25) is 5.02 Å². The molecule has 3 rings (SSSR count). The lowest BCUT2D eigenvalue weighted by Gasteiger charge is -2.36. The second kappa shape index (κ2) is 5.04. The number of amides is 1. The van der Waals surface area contributed by atoms with Crippen LogP contribution in [0.4, 0.5) is 5.69 Å². The van der Waals surface area contributed by atoms with Gasteiger partial charge in [0.2, 0.25) is 5.91 Å².